The molecule has 0 bridgehead atoms. The summed E-state index contributed by atoms with van der Waals surface area (Å²) < 4.78 is 0. The van der Waals surface area contributed by atoms with Gasteiger partial charge >= 0.3 is 0 Å². The molecule has 2 rings (SSSR count). The van der Waals surface area contributed by atoms with Crippen LogP contribution in [0.25, 0.3) is 10.9 Å². The molecule has 0 aliphatic heterocycles. The highest BCUT2D eigenvalue weighted by Gasteiger charge is 2.07. The Morgan fingerprint density at radius 1 is 1.40 bits per heavy atom. The van der Waals surface area contributed by atoms with Gasteiger partial charge in [-0.15, -0.1) is 0 Å². The van der Waals surface area contributed by atoms with Gasteiger partial charge in [0, 0.05) is 17.4 Å². The normalized spacial score (nSPS) is 10.5. The Labute approximate surface area is 87.6 Å². The number of para-hydroxylation sites is 1. The Bertz CT molecular complexity index is 442. The van der Waals surface area contributed by atoms with Gasteiger partial charge in [0.25, 0.3) is 5.91 Å². The lowest BCUT2D eigenvalue weighted by Crippen LogP contribution is -2.37. The zero-order chi connectivity index (χ0) is 10.7. The van der Waals surface area contributed by atoms with Crippen molar-refractivity contribution in [3.05, 3.63) is 36.0 Å². The number of aromatic amines is 1. The van der Waals surface area contributed by atoms with Gasteiger partial charge in [-0.05, 0) is 12.1 Å². The van der Waals surface area contributed by atoms with E-state index < -0.39 is 0 Å². The van der Waals surface area contributed by atoms with Crippen LogP contribution < -0.4 is 10.9 Å². The van der Waals surface area contributed by atoms with E-state index in [0.717, 1.165) is 10.9 Å². The topological polar surface area (TPSA) is 56.9 Å². The third-order valence-electron chi connectivity index (χ3n) is 2.15. The van der Waals surface area contributed by atoms with E-state index in [1.807, 2.05) is 37.3 Å². The van der Waals surface area contributed by atoms with Gasteiger partial charge in [-0.2, -0.15) is 0 Å². The fraction of sp³-hybridized carbons (Fsp3) is 0.182. The number of aromatic nitrogens is 1. The predicted octanol–water partition coefficient (Wildman–Crippen LogP) is 1.42. The predicted molar refractivity (Wildman–Crippen MR) is 59.4 cm³/mol. The third kappa shape index (κ3) is 1.99. The lowest BCUT2D eigenvalue weighted by Gasteiger charge is -2.01. The Morgan fingerprint density at radius 2 is 2.20 bits per heavy atom. The number of hydrazine groups is 1. The van der Waals surface area contributed by atoms with Gasteiger partial charge in [0.1, 0.15) is 5.69 Å². The van der Waals surface area contributed by atoms with Crippen molar-refractivity contribution >= 4 is 16.8 Å². The largest absolute Gasteiger partial charge is 0.350 e. The zero-order valence-corrected chi connectivity index (χ0v) is 8.50. The second-order valence-electron chi connectivity index (χ2n) is 3.25. The molecule has 1 aromatic carbocycles. The molecular weight excluding hydrogens is 190 g/mol. The van der Waals surface area contributed by atoms with Crippen molar-refractivity contribution in [3.63, 3.8) is 0 Å². The molecule has 78 valence electrons. The standard InChI is InChI=1S/C11H13N3O/c1-2-12-14-11(15)10-7-8-5-3-4-6-9(8)13-10/h3-7,12-13H,2H2,1H3,(H,14,15). The number of carbonyl (C=O) groups excluding carboxylic acids is 1. The molecule has 4 heteroatoms. The van der Waals surface area contributed by atoms with Crippen LogP contribution in [0, 0.1) is 0 Å². The molecule has 1 amide bonds. The van der Waals surface area contributed by atoms with Crippen LogP contribution in [0.3, 0.4) is 0 Å². The SMILES string of the molecule is CCNNC(=O)c1cc2ccccc2[nH]1. The monoisotopic (exact) mass is 203 g/mol. The van der Waals surface area contributed by atoms with E-state index >= 15 is 0 Å². The number of nitrogens with one attached hydrogen (secondary N) is 3. The highest BCUT2D eigenvalue weighted by Crippen LogP contribution is 2.14. The van der Waals surface area contributed by atoms with Gasteiger partial charge in [0.15, 0.2) is 0 Å². The van der Waals surface area contributed by atoms with Gasteiger partial charge in [0.05, 0.1) is 0 Å². The number of amides is 1. The van der Waals surface area contributed by atoms with E-state index in [4.69, 9.17) is 0 Å². The molecule has 2 aromatic rings. The van der Waals surface area contributed by atoms with Gasteiger partial charge in [-0.25, -0.2) is 5.43 Å². The maximum atomic E-state index is 11.6. The molecule has 0 aliphatic rings. The zero-order valence-electron chi connectivity index (χ0n) is 8.50. The Hall–Kier alpha value is -1.81. The molecule has 0 saturated carbocycles. The summed E-state index contributed by atoms with van der Waals surface area (Å²) in [7, 11) is 0. The van der Waals surface area contributed by atoms with Crippen molar-refractivity contribution in [1.29, 1.82) is 0 Å². The second kappa shape index (κ2) is 4.14. The smallest absolute Gasteiger partial charge is 0.281 e. The molecule has 0 radical (unpaired) electrons. The fourth-order valence-electron chi connectivity index (χ4n) is 1.43. The van der Waals surface area contributed by atoms with Crippen LogP contribution in [0.2, 0.25) is 0 Å². The number of rotatable bonds is 3. The quantitative estimate of drug-likeness (QED) is 0.661. The van der Waals surface area contributed by atoms with Crippen molar-refractivity contribution in [3.8, 4) is 0 Å². The molecule has 0 spiro atoms. The molecule has 0 atom stereocenters. The van der Waals surface area contributed by atoms with Gasteiger partial charge in [-0.3, -0.25) is 10.2 Å². The van der Waals surface area contributed by atoms with Gasteiger partial charge in [-0.1, -0.05) is 25.1 Å². The summed E-state index contributed by atoms with van der Waals surface area (Å²) in [5.41, 5.74) is 6.90. The number of H-pyrrole nitrogens is 1. The Morgan fingerprint density at radius 3 is 2.93 bits per heavy atom. The van der Waals surface area contributed by atoms with E-state index in [0.29, 0.717) is 12.2 Å². The minimum absolute atomic E-state index is 0.145. The first-order valence-corrected chi connectivity index (χ1v) is 4.92. The first-order valence-electron chi connectivity index (χ1n) is 4.92. The van der Waals surface area contributed by atoms with E-state index in [1.165, 1.54) is 0 Å². The average molecular weight is 203 g/mol. The number of benzene rings is 1. The van der Waals surface area contributed by atoms with Crippen molar-refractivity contribution in [2.24, 2.45) is 0 Å². The minimum Gasteiger partial charge on any atom is -0.350 e. The average Bonchev–Trinajstić information content (AvgIpc) is 2.69. The molecule has 1 aromatic heterocycles. The summed E-state index contributed by atoms with van der Waals surface area (Å²) in [5.74, 6) is -0.145. The summed E-state index contributed by atoms with van der Waals surface area (Å²) in [6.07, 6.45) is 0. The van der Waals surface area contributed by atoms with Crippen molar-refractivity contribution in [2.45, 2.75) is 6.92 Å². The lowest BCUT2D eigenvalue weighted by atomic mass is 10.2. The Kier molecular flexibility index (Phi) is 2.69. The van der Waals surface area contributed by atoms with Crippen LogP contribution >= 0.6 is 0 Å². The van der Waals surface area contributed by atoms with Crippen LogP contribution in [-0.2, 0) is 0 Å². The van der Waals surface area contributed by atoms with Crippen molar-refractivity contribution in [2.75, 3.05) is 6.54 Å². The molecule has 3 N–H and O–H groups in total. The number of hydrogen-bond acceptors (Lipinski definition) is 2. The molecule has 1 heterocycles. The Balaban J connectivity index is 2.25. The number of hydrogen-bond donors (Lipinski definition) is 3. The van der Waals surface area contributed by atoms with E-state index in [1.54, 1.807) is 0 Å². The van der Waals surface area contributed by atoms with Crippen LogP contribution in [0.1, 0.15) is 17.4 Å². The molecular formula is C11H13N3O. The van der Waals surface area contributed by atoms with Gasteiger partial charge in [0.2, 0.25) is 0 Å². The summed E-state index contributed by atoms with van der Waals surface area (Å²) >= 11 is 0. The van der Waals surface area contributed by atoms with Crippen LogP contribution in [0.5, 0.6) is 0 Å². The number of carbonyl (C=O) groups is 1. The van der Waals surface area contributed by atoms with Gasteiger partial charge < -0.3 is 4.98 Å². The van der Waals surface area contributed by atoms with Crippen LogP contribution in [-0.4, -0.2) is 17.4 Å². The number of fused-ring (bicyclic) bond motifs is 1. The maximum Gasteiger partial charge on any atom is 0.281 e. The summed E-state index contributed by atoms with van der Waals surface area (Å²) in [4.78, 5) is 14.6. The molecule has 4 nitrogen and oxygen atoms in total. The van der Waals surface area contributed by atoms with E-state index in [-0.39, 0.29) is 5.91 Å². The maximum absolute atomic E-state index is 11.6. The lowest BCUT2D eigenvalue weighted by molar-refractivity contribution is 0.0930. The molecule has 0 fully saturated rings. The first-order chi connectivity index (χ1) is 7.31. The second-order valence-corrected chi connectivity index (χ2v) is 3.25. The highest BCUT2D eigenvalue weighted by molar-refractivity contribution is 5.97. The third-order valence-corrected chi connectivity index (χ3v) is 2.15. The van der Waals surface area contributed by atoms with Crippen LogP contribution in [0.4, 0.5) is 0 Å². The molecule has 0 aliphatic carbocycles. The molecule has 15 heavy (non-hydrogen) atoms. The van der Waals surface area contributed by atoms with Crippen molar-refractivity contribution < 1.29 is 4.79 Å². The molecule has 0 saturated heterocycles. The van der Waals surface area contributed by atoms with E-state index in [9.17, 15) is 4.79 Å². The molecule has 0 unspecified atom stereocenters. The summed E-state index contributed by atoms with van der Waals surface area (Å²) in [6, 6.07) is 9.63. The van der Waals surface area contributed by atoms with Crippen LogP contribution in [0.15, 0.2) is 30.3 Å². The van der Waals surface area contributed by atoms with Crippen molar-refractivity contribution in [1.82, 2.24) is 15.8 Å². The van der Waals surface area contributed by atoms with E-state index in [2.05, 4.69) is 15.8 Å². The summed E-state index contributed by atoms with van der Waals surface area (Å²) in [5, 5.41) is 1.04. The first kappa shape index (κ1) is 9.73. The fourth-order valence-corrected chi connectivity index (χ4v) is 1.43. The minimum atomic E-state index is -0.145. The highest BCUT2D eigenvalue weighted by atomic mass is 16.2. The summed E-state index contributed by atoms with van der Waals surface area (Å²) in [6.45, 7) is 2.62.